The Balaban J connectivity index is 4.42. The van der Waals surface area contributed by atoms with E-state index in [2.05, 4.69) is 0 Å². The van der Waals surface area contributed by atoms with E-state index in [0.29, 0.717) is 18.4 Å². The predicted octanol–water partition coefficient (Wildman–Crippen LogP) is 1.50. The van der Waals surface area contributed by atoms with E-state index in [1.165, 1.54) is 0 Å². The summed E-state index contributed by atoms with van der Waals surface area (Å²) in [4.78, 5) is 13.4. The second-order valence-corrected chi connectivity index (χ2v) is 3.64. The van der Waals surface area contributed by atoms with Crippen LogP contribution in [0.4, 0.5) is 0 Å². The molecule has 1 unspecified atom stereocenters. The van der Waals surface area contributed by atoms with E-state index >= 15 is 0 Å². The quantitative estimate of drug-likeness (QED) is 0.414. The van der Waals surface area contributed by atoms with E-state index in [0.717, 1.165) is 6.42 Å². The number of hydrogen-bond donors (Lipinski definition) is 1. The van der Waals surface area contributed by atoms with Crippen LogP contribution in [0.5, 0.6) is 0 Å². The van der Waals surface area contributed by atoms with Gasteiger partial charge in [0.25, 0.3) is 0 Å². The Labute approximate surface area is 91.5 Å². The third-order valence-corrected chi connectivity index (χ3v) is 1.79. The lowest BCUT2D eigenvalue weighted by Gasteiger charge is -2.13. The van der Waals surface area contributed by atoms with Crippen molar-refractivity contribution in [3.8, 4) is 0 Å². The summed E-state index contributed by atoms with van der Waals surface area (Å²) >= 11 is 0. The summed E-state index contributed by atoms with van der Waals surface area (Å²) in [5.74, 6) is -0.431. The van der Waals surface area contributed by atoms with Crippen LogP contribution in [0.3, 0.4) is 0 Å². The molecule has 0 aromatic heterocycles. The van der Waals surface area contributed by atoms with Crippen molar-refractivity contribution < 1.29 is 14.6 Å². The molecule has 0 aliphatic rings. The Morgan fingerprint density at radius 2 is 2.07 bits per heavy atom. The van der Waals surface area contributed by atoms with E-state index in [-0.39, 0.29) is 0 Å². The molecule has 4 nitrogen and oxygen atoms in total. The predicted molar refractivity (Wildman–Crippen MR) is 59.1 cm³/mol. The summed E-state index contributed by atoms with van der Waals surface area (Å²) < 4.78 is 4.84. The molecule has 1 N–H and O–H groups in total. The van der Waals surface area contributed by atoms with Crippen molar-refractivity contribution in [2.45, 2.75) is 39.4 Å². The van der Waals surface area contributed by atoms with Crippen molar-refractivity contribution >= 4 is 5.97 Å². The Hall–Kier alpha value is -1.03. The van der Waals surface area contributed by atoms with Crippen LogP contribution in [0.2, 0.25) is 0 Å². The largest absolute Gasteiger partial charge is 0.433 e. The fraction of sp³-hybridized carbons (Fsp3) is 0.727. The number of aliphatic hydroxyl groups is 1. The summed E-state index contributed by atoms with van der Waals surface area (Å²) in [6, 6.07) is 0. The van der Waals surface area contributed by atoms with Gasteiger partial charge in [-0.1, -0.05) is 20.3 Å². The maximum atomic E-state index is 11.6. The van der Waals surface area contributed by atoms with Gasteiger partial charge in [0.05, 0.1) is 5.57 Å². The lowest BCUT2D eigenvalue weighted by Crippen LogP contribution is -2.19. The minimum absolute atomic E-state index is 0.410. The molecule has 1 atom stereocenters. The zero-order chi connectivity index (χ0) is 11.8. The topological polar surface area (TPSA) is 49.8 Å². The van der Waals surface area contributed by atoms with Gasteiger partial charge < -0.3 is 14.7 Å². The molecule has 0 saturated carbocycles. The first-order chi connectivity index (χ1) is 7.01. The van der Waals surface area contributed by atoms with Crippen LogP contribution in [0.1, 0.15) is 33.1 Å². The van der Waals surface area contributed by atoms with Gasteiger partial charge >= 0.3 is 5.97 Å². The molecule has 0 aromatic rings. The average molecular weight is 215 g/mol. The Kier molecular flexibility index (Phi) is 6.79. The van der Waals surface area contributed by atoms with Gasteiger partial charge in [-0.2, -0.15) is 0 Å². The van der Waals surface area contributed by atoms with Gasteiger partial charge in [-0.15, -0.1) is 0 Å². The molecule has 0 rings (SSSR count). The third-order valence-electron chi connectivity index (χ3n) is 1.79. The van der Waals surface area contributed by atoms with Crippen molar-refractivity contribution in [1.82, 2.24) is 4.90 Å². The zero-order valence-corrected chi connectivity index (χ0v) is 9.99. The molecule has 0 bridgehead atoms. The van der Waals surface area contributed by atoms with E-state index in [4.69, 9.17) is 4.74 Å². The average Bonchev–Trinajstić information content (AvgIpc) is 2.16. The molecule has 0 spiro atoms. The van der Waals surface area contributed by atoms with Gasteiger partial charge in [0.15, 0.2) is 0 Å². The lowest BCUT2D eigenvalue weighted by atomic mass is 10.1. The molecule has 0 aliphatic carbocycles. The number of carbonyl (C=O) groups is 1. The van der Waals surface area contributed by atoms with Gasteiger partial charge in [-0.05, 0) is 6.42 Å². The van der Waals surface area contributed by atoms with Gasteiger partial charge in [-0.3, -0.25) is 0 Å². The van der Waals surface area contributed by atoms with Gasteiger partial charge in [0.2, 0.25) is 6.29 Å². The summed E-state index contributed by atoms with van der Waals surface area (Å²) in [6.07, 6.45) is 2.67. The highest BCUT2D eigenvalue weighted by molar-refractivity contribution is 5.88. The van der Waals surface area contributed by atoms with Crippen LogP contribution in [-0.4, -0.2) is 36.4 Å². The second-order valence-electron chi connectivity index (χ2n) is 3.64. The maximum absolute atomic E-state index is 11.6. The zero-order valence-electron chi connectivity index (χ0n) is 9.99. The van der Waals surface area contributed by atoms with Gasteiger partial charge in [0.1, 0.15) is 0 Å². The standard InChI is InChI=1S/C11H21NO3/c1-5-7-9(8-12(3)4)11(14)15-10(13)6-2/h8,10,13H,5-7H2,1-4H3. The number of aliphatic hydroxyl groups excluding tert-OH is 1. The SMILES string of the molecule is CCCC(=CN(C)C)C(=O)OC(O)CC. The Morgan fingerprint density at radius 3 is 2.47 bits per heavy atom. The first-order valence-corrected chi connectivity index (χ1v) is 5.27. The molecule has 15 heavy (non-hydrogen) atoms. The minimum atomic E-state index is -1.00. The molecule has 0 aromatic carbocycles. The lowest BCUT2D eigenvalue weighted by molar-refractivity contribution is -0.163. The van der Waals surface area contributed by atoms with E-state index < -0.39 is 12.3 Å². The first kappa shape index (κ1) is 14.0. The molecular formula is C11H21NO3. The highest BCUT2D eigenvalue weighted by atomic mass is 16.6. The van der Waals surface area contributed by atoms with Crippen molar-refractivity contribution in [3.05, 3.63) is 11.8 Å². The molecule has 0 fully saturated rings. The summed E-state index contributed by atoms with van der Waals surface area (Å²) in [5.41, 5.74) is 0.593. The molecule has 0 saturated heterocycles. The van der Waals surface area contributed by atoms with Crippen molar-refractivity contribution in [3.63, 3.8) is 0 Å². The number of rotatable bonds is 6. The molecule has 0 amide bonds. The fourth-order valence-electron chi connectivity index (χ4n) is 1.08. The molecule has 4 heteroatoms. The molecule has 0 aliphatic heterocycles. The number of nitrogens with zero attached hydrogens (tertiary/aromatic N) is 1. The molecule has 0 heterocycles. The van der Waals surface area contributed by atoms with E-state index in [9.17, 15) is 9.90 Å². The van der Waals surface area contributed by atoms with Crippen LogP contribution in [-0.2, 0) is 9.53 Å². The number of ether oxygens (including phenoxy) is 1. The number of carbonyl (C=O) groups excluding carboxylic acids is 1. The number of hydrogen-bond acceptors (Lipinski definition) is 4. The molecule has 88 valence electrons. The van der Waals surface area contributed by atoms with Crippen molar-refractivity contribution in [2.24, 2.45) is 0 Å². The minimum Gasteiger partial charge on any atom is -0.433 e. The van der Waals surface area contributed by atoms with Gasteiger partial charge in [0, 0.05) is 26.7 Å². The first-order valence-electron chi connectivity index (χ1n) is 5.27. The fourth-order valence-corrected chi connectivity index (χ4v) is 1.08. The van der Waals surface area contributed by atoms with Crippen LogP contribution in [0.25, 0.3) is 0 Å². The maximum Gasteiger partial charge on any atom is 0.337 e. The summed E-state index contributed by atoms with van der Waals surface area (Å²) in [5, 5.41) is 9.20. The van der Waals surface area contributed by atoms with E-state index in [1.807, 2.05) is 21.0 Å². The van der Waals surface area contributed by atoms with Crippen molar-refractivity contribution in [1.29, 1.82) is 0 Å². The Morgan fingerprint density at radius 1 is 1.47 bits per heavy atom. The second kappa shape index (κ2) is 7.29. The summed E-state index contributed by atoms with van der Waals surface area (Å²) in [7, 11) is 3.69. The molecular weight excluding hydrogens is 194 g/mol. The van der Waals surface area contributed by atoms with Crippen LogP contribution in [0, 0.1) is 0 Å². The Bertz CT molecular complexity index is 224. The van der Waals surface area contributed by atoms with Gasteiger partial charge in [-0.25, -0.2) is 4.79 Å². The van der Waals surface area contributed by atoms with Crippen LogP contribution >= 0.6 is 0 Å². The monoisotopic (exact) mass is 215 g/mol. The van der Waals surface area contributed by atoms with Crippen LogP contribution in [0.15, 0.2) is 11.8 Å². The van der Waals surface area contributed by atoms with E-state index in [1.54, 1.807) is 18.0 Å². The smallest absolute Gasteiger partial charge is 0.337 e. The number of esters is 1. The third kappa shape index (κ3) is 6.12. The van der Waals surface area contributed by atoms with Crippen LogP contribution < -0.4 is 0 Å². The highest BCUT2D eigenvalue weighted by Gasteiger charge is 2.14. The molecule has 0 radical (unpaired) electrons. The van der Waals surface area contributed by atoms with Crippen molar-refractivity contribution in [2.75, 3.05) is 14.1 Å². The normalized spacial score (nSPS) is 13.5. The highest BCUT2D eigenvalue weighted by Crippen LogP contribution is 2.09. The summed E-state index contributed by atoms with van der Waals surface area (Å²) in [6.45, 7) is 3.75.